The summed E-state index contributed by atoms with van der Waals surface area (Å²) in [5.41, 5.74) is 2.44. The zero-order valence-corrected chi connectivity index (χ0v) is 8.37. The van der Waals surface area contributed by atoms with Crippen molar-refractivity contribution in [3.8, 4) is 11.1 Å². The van der Waals surface area contributed by atoms with Crippen molar-refractivity contribution in [2.24, 2.45) is 0 Å². The highest BCUT2D eigenvalue weighted by Crippen LogP contribution is 2.27. The molecule has 14 heavy (non-hydrogen) atoms. The van der Waals surface area contributed by atoms with Crippen LogP contribution in [0, 0.1) is 18.6 Å². The minimum Gasteiger partial charge on any atom is -0.204 e. The first kappa shape index (κ1) is 9.34. The van der Waals surface area contributed by atoms with Crippen LogP contribution in [0.1, 0.15) is 5.56 Å². The molecule has 0 radical (unpaired) electrons. The predicted molar refractivity (Wildman–Crippen MR) is 54.4 cm³/mol. The van der Waals surface area contributed by atoms with E-state index in [2.05, 4.69) is 0 Å². The third-order valence-electron chi connectivity index (χ3n) is 2.10. The van der Waals surface area contributed by atoms with Gasteiger partial charge in [0.1, 0.15) is 0 Å². The van der Waals surface area contributed by atoms with Crippen molar-refractivity contribution < 1.29 is 8.78 Å². The summed E-state index contributed by atoms with van der Waals surface area (Å²) in [5, 5.41) is 3.83. The summed E-state index contributed by atoms with van der Waals surface area (Å²) in [4.78, 5) is 0. The fraction of sp³-hybridized carbons (Fsp3) is 0.0909. The van der Waals surface area contributed by atoms with Crippen molar-refractivity contribution in [3.63, 3.8) is 0 Å². The third-order valence-corrected chi connectivity index (χ3v) is 2.78. The van der Waals surface area contributed by atoms with Crippen molar-refractivity contribution in [1.82, 2.24) is 0 Å². The van der Waals surface area contributed by atoms with Gasteiger partial charge in [0.2, 0.25) is 0 Å². The Morgan fingerprint density at radius 3 is 2.50 bits per heavy atom. The highest BCUT2D eigenvalue weighted by Gasteiger charge is 2.08. The van der Waals surface area contributed by atoms with Crippen LogP contribution >= 0.6 is 11.3 Å². The van der Waals surface area contributed by atoms with Crippen LogP contribution in [0.4, 0.5) is 8.78 Å². The summed E-state index contributed by atoms with van der Waals surface area (Å²) < 4.78 is 25.8. The number of benzene rings is 1. The zero-order chi connectivity index (χ0) is 10.1. The molecule has 3 heteroatoms. The number of rotatable bonds is 1. The lowest BCUT2D eigenvalue weighted by Gasteiger charge is -2.04. The Labute approximate surface area is 84.8 Å². The molecule has 0 saturated carbocycles. The van der Waals surface area contributed by atoms with E-state index in [9.17, 15) is 8.78 Å². The molecule has 0 N–H and O–H groups in total. The number of hydrogen-bond acceptors (Lipinski definition) is 1. The van der Waals surface area contributed by atoms with Gasteiger partial charge in [-0.15, -0.1) is 0 Å². The van der Waals surface area contributed by atoms with Gasteiger partial charge in [0.15, 0.2) is 11.6 Å². The zero-order valence-electron chi connectivity index (χ0n) is 7.55. The van der Waals surface area contributed by atoms with E-state index in [1.165, 1.54) is 23.5 Å². The summed E-state index contributed by atoms with van der Waals surface area (Å²) in [6, 6.07) is 4.36. The molecular weight excluding hydrogens is 202 g/mol. The van der Waals surface area contributed by atoms with Gasteiger partial charge in [0.05, 0.1) is 0 Å². The molecule has 1 aromatic heterocycles. The first-order valence-corrected chi connectivity index (χ1v) is 5.11. The Balaban J connectivity index is 2.60. The lowest BCUT2D eigenvalue weighted by atomic mass is 10.0. The Morgan fingerprint density at radius 2 is 1.86 bits per heavy atom. The van der Waals surface area contributed by atoms with Crippen LogP contribution in [-0.2, 0) is 0 Å². The topological polar surface area (TPSA) is 0 Å². The van der Waals surface area contributed by atoms with Gasteiger partial charge in [0.25, 0.3) is 0 Å². The molecule has 0 atom stereocenters. The van der Waals surface area contributed by atoms with Gasteiger partial charge < -0.3 is 0 Å². The second-order valence-electron chi connectivity index (χ2n) is 3.09. The van der Waals surface area contributed by atoms with E-state index in [0.29, 0.717) is 0 Å². The van der Waals surface area contributed by atoms with Gasteiger partial charge in [-0.2, -0.15) is 11.3 Å². The minimum atomic E-state index is -0.795. The van der Waals surface area contributed by atoms with Gasteiger partial charge in [-0.25, -0.2) is 8.78 Å². The van der Waals surface area contributed by atoms with Gasteiger partial charge in [-0.1, -0.05) is 0 Å². The smallest absolute Gasteiger partial charge is 0.159 e. The predicted octanol–water partition coefficient (Wildman–Crippen LogP) is 4.00. The number of thiophene rings is 1. The van der Waals surface area contributed by atoms with E-state index in [1.807, 2.05) is 16.8 Å². The summed E-state index contributed by atoms with van der Waals surface area (Å²) in [6.45, 7) is 1.77. The molecule has 2 aromatic rings. The monoisotopic (exact) mass is 210 g/mol. The lowest BCUT2D eigenvalue weighted by Crippen LogP contribution is -1.88. The number of halogens is 2. The van der Waals surface area contributed by atoms with Crippen LogP contribution in [0.15, 0.2) is 29.0 Å². The Hall–Kier alpha value is -1.22. The molecule has 2 rings (SSSR count). The second kappa shape index (κ2) is 3.50. The van der Waals surface area contributed by atoms with Crippen LogP contribution < -0.4 is 0 Å². The van der Waals surface area contributed by atoms with E-state index >= 15 is 0 Å². The largest absolute Gasteiger partial charge is 0.204 e. The Bertz CT molecular complexity index is 447. The van der Waals surface area contributed by atoms with Gasteiger partial charge >= 0.3 is 0 Å². The van der Waals surface area contributed by atoms with Crippen LogP contribution in [0.2, 0.25) is 0 Å². The van der Waals surface area contributed by atoms with E-state index < -0.39 is 11.6 Å². The SMILES string of the molecule is Cc1cc(F)c(F)cc1-c1ccsc1. The van der Waals surface area contributed by atoms with Crippen molar-refractivity contribution >= 4 is 11.3 Å². The molecule has 1 aromatic carbocycles. The fourth-order valence-electron chi connectivity index (χ4n) is 1.38. The number of aryl methyl sites for hydroxylation is 1. The number of hydrogen-bond donors (Lipinski definition) is 0. The molecule has 0 aliphatic carbocycles. The van der Waals surface area contributed by atoms with E-state index in [1.54, 1.807) is 6.92 Å². The van der Waals surface area contributed by atoms with Crippen LogP contribution in [-0.4, -0.2) is 0 Å². The highest BCUT2D eigenvalue weighted by atomic mass is 32.1. The molecule has 0 nitrogen and oxygen atoms in total. The highest BCUT2D eigenvalue weighted by molar-refractivity contribution is 7.08. The minimum absolute atomic E-state index is 0.752. The lowest BCUT2D eigenvalue weighted by molar-refractivity contribution is 0.508. The normalized spacial score (nSPS) is 10.5. The molecule has 72 valence electrons. The standard InChI is InChI=1S/C11H8F2S/c1-7-4-10(12)11(13)5-9(7)8-2-3-14-6-8/h2-6H,1H3. The average Bonchev–Trinajstić information content (AvgIpc) is 2.64. The van der Waals surface area contributed by atoms with Crippen molar-refractivity contribution in [2.75, 3.05) is 0 Å². The van der Waals surface area contributed by atoms with Gasteiger partial charge in [0, 0.05) is 0 Å². The molecule has 0 aliphatic rings. The molecule has 0 aliphatic heterocycles. The average molecular weight is 210 g/mol. The molecule has 0 amide bonds. The van der Waals surface area contributed by atoms with Crippen LogP contribution in [0.5, 0.6) is 0 Å². The van der Waals surface area contributed by atoms with Gasteiger partial charge in [-0.3, -0.25) is 0 Å². The maximum atomic E-state index is 13.0. The first-order chi connectivity index (χ1) is 6.68. The summed E-state index contributed by atoms with van der Waals surface area (Å²) >= 11 is 1.54. The van der Waals surface area contributed by atoms with Crippen molar-refractivity contribution in [2.45, 2.75) is 6.92 Å². The van der Waals surface area contributed by atoms with Crippen LogP contribution in [0.3, 0.4) is 0 Å². The maximum absolute atomic E-state index is 13.0. The second-order valence-corrected chi connectivity index (χ2v) is 3.87. The Kier molecular flexibility index (Phi) is 2.33. The molecule has 1 heterocycles. The molecule has 0 saturated heterocycles. The fourth-order valence-corrected chi connectivity index (χ4v) is 2.03. The molecular formula is C11H8F2S. The molecule has 0 bridgehead atoms. The molecule has 0 fully saturated rings. The van der Waals surface area contributed by atoms with Crippen LogP contribution in [0.25, 0.3) is 11.1 Å². The quantitative estimate of drug-likeness (QED) is 0.667. The van der Waals surface area contributed by atoms with E-state index in [0.717, 1.165) is 16.7 Å². The third kappa shape index (κ3) is 1.55. The van der Waals surface area contributed by atoms with E-state index in [4.69, 9.17) is 0 Å². The molecule has 0 unspecified atom stereocenters. The summed E-state index contributed by atoms with van der Waals surface area (Å²) in [6.07, 6.45) is 0. The van der Waals surface area contributed by atoms with E-state index in [-0.39, 0.29) is 0 Å². The molecule has 0 spiro atoms. The summed E-state index contributed by atoms with van der Waals surface area (Å²) in [7, 11) is 0. The van der Waals surface area contributed by atoms with Gasteiger partial charge in [-0.05, 0) is 52.6 Å². The van der Waals surface area contributed by atoms with Crippen molar-refractivity contribution in [1.29, 1.82) is 0 Å². The Morgan fingerprint density at radius 1 is 1.14 bits per heavy atom. The maximum Gasteiger partial charge on any atom is 0.159 e. The summed E-state index contributed by atoms with van der Waals surface area (Å²) in [5.74, 6) is -1.58. The first-order valence-electron chi connectivity index (χ1n) is 4.16. The van der Waals surface area contributed by atoms with Crippen molar-refractivity contribution in [3.05, 3.63) is 46.2 Å².